The zero-order chi connectivity index (χ0) is 16.6. The Kier molecular flexibility index (Phi) is 3.83. The standard InChI is InChI=1S/C14H13ClN6O2/c1-19-11(7-12(22)20(2)14(19)23)8-21-17-13(16-18-21)9-3-5-10(15)6-4-9/h3-7H,8H2,1-2H3. The Morgan fingerprint density at radius 1 is 1.09 bits per heavy atom. The second-order valence-corrected chi connectivity index (χ2v) is 5.46. The highest BCUT2D eigenvalue weighted by molar-refractivity contribution is 6.30. The zero-order valence-corrected chi connectivity index (χ0v) is 13.2. The van der Waals surface area contributed by atoms with Crippen molar-refractivity contribution in [2.24, 2.45) is 14.1 Å². The molecule has 0 saturated carbocycles. The van der Waals surface area contributed by atoms with Crippen LogP contribution in [0.3, 0.4) is 0 Å². The maximum absolute atomic E-state index is 11.9. The minimum Gasteiger partial charge on any atom is -0.299 e. The largest absolute Gasteiger partial charge is 0.330 e. The van der Waals surface area contributed by atoms with Crippen LogP contribution in [0.4, 0.5) is 0 Å². The summed E-state index contributed by atoms with van der Waals surface area (Å²) in [7, 11) is 3.02. The Morgan fingerprint density at radius 3 is 2.48 bits per heavy atom. The molecule has 0 atom stereocenters. The third-order valence-electron chi connectivity index (χ3n) is 3.48. The van der Waals surface area contributed by atoms with Crippen LogP contribution in [0, 0.1) is 0 Å². The molecule has 1 aromatic carbocycles. The van der Waals surface area contributed by atoms with Crippen LogP contribution in [0.25, 0.3) is 11.4 Å². The molecule has 0 bridgehead atoms. The molecule has 118 valence electrons. The number of tetrazole rings is 1. The predicted molar refractivity (Wildman–Crippen MR) is 84.3 cm³/mol. The van der Waals surface area contributed by atoms with E-state index in [1.54, 1.807) is 31.3 Å². The maximum Gasteiger partial charge on any atom is 0.330 e. The second kappa shape index (κ2) is 5.81. The van der Waals surface area contributed by atoms with Gasteiger partial charge in [-0.15, -0.1) is 10.2 Å². The van der Waals surface area contributed by atoms with E-state index in [1.165, 1.54) is 22.5 Å². The monoisotopic (exact) mass is 332 g/mol. The highest BCUT2D eigenvalue weighted by atomic mass is 35.5. The van der Waals surface area contributed by atoms with Gasteiger partial charge in [-0.25, -0.2) is 4.79 Å². The van der Waals surface area contributed by atoms with E-state index in [9.17, 15) is 9.59 Å². The molecule has 0 radical (unpaired) electrons. The number of hydrogen-bond donors (Lipinski definition) is 0. The molecular formula is C14H13ClN6O2. The van der Waals surface area contributed by atoms with E-state index in [0.717, 1.165) is 10.1 Å². The summed E-state index contributed by atoms with van der Waals surface area (Å²) in [5.74, 6) is 0.440. The van der Waals surface area contributed by atoms with Crippen molar-refractivity contribution in [3.05, 3.63) is 61.9 Å². The molecule has 0 N–H and O–H groups in total. The molecule has 3 aromatic rings. The molecule has 0 aliphatic carbocycles. The van der Waals surface area contributed by atoms with Gasteiger partial charge in [-0.1, -0.05) is 11.6 Å². The van der Waals surface area contributed by atoms with E-state index < -0.39 is 5.69 Å². The summed E-state index contributed by atoms with van der Waals surface area (Å²) in [6, 6.07) is 8.44. The molecule has 0 aliphatic rings. The fraction of sp³-hybridized carbons (Fsp3) is 0.214. The van der Waals surface area contributed by atoms with Crippen molar-refractivity contribution in [2.75, 3.05) is 0 Å². The van der Waals surface area contributed by atoms with Gasteiger partial charge < -0.3 is 0 Å². The summed E-state index contributed by atoms with van der Waals surface area (Å²) in [5, 5.41) is 12.8. The van der Waals surface area contributed by atoms with Gasteiger partial charge in [0.2, 0.25) is 5.82 Å². The predicted octanol–water partition coefficient (Wildman–Crippen LogP) is 0.439. The van der Waals surface area contributed by atoms with E-state index in [-0.39, 0.29) is 12.1 Å². The lowest BCUT2D eigenvalue weighted by atomic mass is 10.2. The van der Waals surface area contributed by atoms with Crippen LogP contribution < -0.4 is 11.2 Å². The number of nitrogens with zero attached hydrogens (tertiary/aromatic N) is 6. The van der Waals surface area contributed by atoms with Crippen LogP contribution in [0.1, 0.15) is 5.69 Å². The van der Waals surface area contributed by atoms with Gasteiger partial charge in [0.05, 0.1) is 5.69 Å². The molecule has 0 aliphatic heterocycles. The molecule has 23 heavy (non-hydrogen) atoms. The molecule has 0 saturated heterocycles. The summed E-state index contributed by atoms with van der Waals surface area (Å²) in [6.07, 6.45) is 0. The van der Waals surface area contributed by atoms with Crippen LogP contribution in [-0.2, 0) is 20.6 Å². The van der Waals surface area contributed by atoms with E-state index in [2.05, 4.69) is 15.4 Å². The summed E-state index contributed by atoms with van der Waals surface area (Å²) >= 11 is 5.85. The number of hydrogen-bond acceptors (Lipinski definition) is 5. The first-order chi connectivity index (χ1) is 11.0. The fourth-order valence-corrected chi connectivity index (χ4v) is 2.23. The SMILES string of the molecule is Cn1c(Cn2nnc(-c3ccc(Cl)cc3)n2)cc(=O)n(C)c1=O. The zero-order valence-electron chi connectivity index (χ0n) is 12.5. The Balaban J connectivity index is 1.92. The molecule has 0 unspecified atom stereocenters. The molecule has 9 heteroatoms. The first-order valence-electron chi connectivity index (χ1n) is 6.75. The minimum absolute atomic E-state index is 0.169. The lowest BCUT2D eigenvalue weighted by molar-refractivity contribution is 0.533. The smallest absolute Gasteiger partial charge is 0.299 e. The summed E-state index contributed by atoms with van der Waals surface area (Å²) < 4.78 is 2.42. The number of aromatic nitrogens is 6. The summed E-state index contributed by atoms with van der Waals surface area (Å²) in [5.41, 5.74) is 0.503. The lowest BCUT2D eigenvalue weighted by Gasteiger charge is -2.07. The van der Waals surface area contributed by atoms with Gasteiger partial charge in [-0.2, -0.15) is 4.80 Å². The third kappa shape index (κ3) is 2.93. The van der Waals surface area contributed by atoms with Gasteiger partial charge in [0, 0.05) is 30.7 Å². The van der Waals surface area contributed by atoms with Gasteiger partial charge in [-0.3, -0.25) is 13.9 Å². The number of halogens is 1. The summed E-state index contributed by atoms with van der Waals surface area (Å²) in [6.45, 7) is 0.169. The van der Waals surface area contributed by atoms with E-state index in [1.807, 2.05) is 0 Å². The van der Waals surface area contributed by atoms with Crippen molar-refractivity contribution in [3.8, 4) is 11.4 Å². The second-order valence-electron chi connectivity index (χ2n) is 5.02. The number of benzene rings is 1. The molecule has 2 aromatic heterocycles. The van der Waals surface area contributed by atoms with Gasteiger partial charge in [-0.05, 0) is 29.5 Å². The quantitative estimate of drug-likeness (QED) is 0.694. The Morgan fingerprint density at radius 2 is 1.78 bits per heavy atom. The lowest BCUT2D eigenvalue weighted by Crippen LogP contribution is -2.38. The summed E-state index contributed by atoms with van der Waals surface area (Å²) in [4.78, 5) is 25.0. The Labute approximate surface area is 135 Å². The van der Waals surface area contributed by atoms with Gasteiger partial charge in [0.1, 0.15) is 6.54 Å². The van der Waals surface area contributed by atoms with Crippen molar-refractivity contribution in [2.45, 2.75) is 6.54 Å². The molecule has 3 rings (SSSR count). The first kappa shape index (κ1) is 15.2. The van der Waals surface area contributed by atoms with Gasteiger partial charge in [0.25, 0.3) is 5.56 Å². The molecular weight excluding hydrogens is 320 g/mol. The maximum atomic E-state index is 11.9. The van der Waals surface area contributed by atoms with Crippen LogP contribution >= 0.6 is 11.6 Å². The van der Waals surface area contributed by atoms with Crippen LogP contribution in [0.2, 0.25) is 5.02 Å². The molecule has 2 heterocycles. The van der Waals surface area contributed by atoms with Crippen LogP contribution in [0.15, 0.2) is 39.9 Å². The third-order valence-corrected chi connectivity index (χ3v) is 3.74. The molecule has 0 fully saturated rings. The normalized spacial score (nSPS) is 10.9. The Bertz CT molecular complexity index is 970. The van der Waals surface area contributed by atoms with Crippen LogP contribution in [-0.4, -0.2) is 29.3 Å². The van der Waals surface area contributed by atoms with Crippen molar-refractivity contribution in [1.82, 2.24) is 29.3 Å². The minimum atomic E-state index is -0.398. The fourth-order valence-electron chi connectivity index (χ4n) is 2.10. The number of rotatable bonds is 3. The van der Waals surface area contributed by atoms with Gasteiger partial charge in [0.15, 0.2) is 0 Å². The van der Waals surface area contributed by atoms with Crippen molar-refractivity contribution < 1.29 is 0 Å². The first-order valence-corrected chi connectivity index (χ1v) is 7.13. The van der Waals surface area contributed by atoms with E-state index >= 15 is 0 Å². The van der Waals surface area contributed by atoms with E-state index in [4.69, 9.17) is 11.6 Å². The highest BCUT2D eigenvalue weighted by Gasteiger charge is 2.10. The van der Waals surface area contributed by atoms with E-state index in [0.29, 0.717) is 16.5 Å². The van der Waals surface area contributed by atoms with Gasteiger partial charge >= 0.3 is 5.69 Å². The average molecular weight is 333 g/mol. The average Bonchev–Trinajstić information content (AvgIpc) is 3.00. The highest BCUT2D eigenvalue weighted by Crippen LogP contribution is 2.17. The molecule has 0 spiro atoms. The Hall–Kier alpha value is -2.74. The van der Waals surface area contributed by atoms with Crippen molar-refractivity contribution >= 4 is 11.6 Å². The van der Waals surface area contributed by atoms with Crippen molar-refractivity contribution in [1.29, 1.82) is 0 Å². The molecule has 0 amide bonds. The van der Waals surface area contributed by atoms with Crippen LogP contribution in [0.5, 0.6) is 0 Å². The molecule has 8 nitrogen and oxygen atoms in total. The topological polar surface area (TPSA) is 87.6 Å². The van der Waals surface area contributed by atoms with Crippen molar-refractivity contribution in [3.63, 3.8) is 0 Å².